The lowest BCUT2D eigenvalue weighted by Crippen LogP contribution is -2.13. The van der Waals surface area contributed by atoms with Gasteiger partial charge in [0.05, 0.1) is 18.4 Å². The van der Waals surface area contributed by atoms with Crippen molar-refractivity contribution in [1.82, 2.24) is 9.97 Å². The molecule has 0 aliphatic heterocycles. The average Bonchev–Trinajstić information content (AvgIpc) is 2.45. The fourth-order valence-electron chi connectivity index (χ4n) is 1.57. The molecule has 0 saturated carbocycles. The van der Waals surface area contributed by atoms with E-state index in [1.165, 1.54) is 0 Å². The molecule has 2 aromatic heterocycles. The van der Waals surface area contributed by atoms with E-state index < -0.39 is 0 Å². The Bertz CT molecular complexity index is 668. The number of pyridine rings is 2. The summed E-state index contributed by atoms with van der Waals surface area (Å²) in [7, 11) is 0. The minimum Gasteiger partial charge on any atom is -0.320 e. The number of carbonyl (C=O) groups excluding carboxylic acids is 1. The molecule has 2 aromatic rings. The van der Waals surface area contributed by atoms with E-state index in [4.69, 9.17) is 5.73 Å². The quantitative estimate of drug-likeness (QED) is 0.804. The monoisotopic (exact) mass is 266 g/mol. The van der Waals surface area contributed by atoms with Crippen molar-refractivity contribution < 1.29 is 4.79 Å². The molecule has 5 nitrogen and oxygen atoms in total. The summed E-state index contributed by atoms with van der Waals surface area (Å²) in [6.07, 6.45) is 4.86. The fraction of sp³-hybridized carbons (Fsp3) is 0.133. The molecule has 20 heavy (non-hydrogen) atoms. The largest absolute Gasteiger partial charge is 0.320 e. The van der Waals surface area contributed by atoms with Gasteiger partial charge in [-0.3, -0.25) is 9.78 Å². The topological polar surface area (TPSA) is 80.9 Å². The Kier molecular flexibility index (Phi) is 4.43. The number of nitrogens with one attached hydrogen (secondary N) is 1. The van der Waals surface area contributed by atoms with E-state index >= 15 is 0 Å². The molecule has 3 N–H and O–H groups in total. The molecule has 100 valence electrons. The maximum absolute atomic E-state index is 12.0. The summed E-state index contributed by atoms with van der Waals surface area (Å²) in [5, 5.41) is 2.74. The summed E-state index contributed by atoms with van der Waals surface area (Å²) in [5.74, 6) is 5.29. The number of aryl methyl sites for hydroxylation is 1. The van der Waals surface area contributed by atoms with Crippen LogP contribution in [-0.4, -0.2) is 22.4 Å². The first kappa shape index (κ1) is 13.7. The van der Waals surface area contributed by atoms with Crippen molar-refractivity contribution in [2.24, 2.45) is 5.73 Å². The third-order valence-electron chi connectivity index (χ3n) is 2.46. The van der Waals surface area contributed by atoms with Crippen LogP contribution in [0.1, 0.15) is 21.6 Å². The number of aromatic nitrogens is 2. The molecule has 1 amide bonds. The highest BCUT2D eigenvalue weighted by Crippen LogP contribution is 2.09. The first-order valence-electron chi connectivity index (χ1n) is 6.07. The molecule has 2 heterocycles. The number of hydrogen-bond donors (Lipinski definition) is 2. The summed E-state index contributed by atoms with van der Waals surface area (Å²) in [5.41, 5.74) is 7.96. The molecular weight excluding hydrogens is 252 g/mol. The van der Waals surface area contributed by atoms with Gasteiger partial charge in [-0.25, -0.2) is 4.98 Å². The number of nitrogens with two attached hydrogens (primary N) is 1. The van der Waals surface area contributed by atoms with Gasteiger partial charge in [0.25, 0.3) is 5.91 Å². The van der Waals surface area contributed by atoms with Gasteiger partial charge in [-0.2, -0.15) is 0 Å². The van der Waals surface area contributed by atoms with Crippen LogP contribution in [0.25, 0.3) is 0 Å². The van der Waals surface area contributed by atoms with Crippen LogP contribution in [0.5, 0.6) is 0 Å². The minimum atomic E-state index is -0.282. The van der Waals surface area contributed by atoms with Crippen molar-refractivity contribution in [3.05, 3.63) is 53.6 Å². The number of anilines is 1. The standard InChI is InChI=1S/C15H14N4O/c1-11-7-13(10-17-8-11)19-15(20)14-5-4-12(9-18-14)3-2-6-16/h4-5,7-10H,6,16H2,1H3,(H,19,20). The minimum absolute atomic E-state index is 0.282. The molecule has 2 rings (SSSR count). The molecule has 0 fully saturated rings. The van der Waals surface area contributed by atoms with Crippen LogP contribution in [0.2, 0.25) is 0 Å². The number of amides is 1. The molecule has 0 radical (unpaired) electrons. The Morgan fingerprint density at radius 2 is 2.20 bits per heavy atom. The Balaban J connectivity index is 2.09. The highest BCUT2D eigenvalue weighted by Gasteiger charge is 2.07. The van der Waals surface area contributed by atoms with E-state index in [1.54, 1.807) is 30.7 Å². The molecule has 0 atom stereocenters. The summed E-state index contributed by atoms with van der Waals surface area (Å²) in [6.45, 7) is 2.20. The van der Waals surface area contributed by atoms with E-state index in [0.717, 1.165) is 11.1 Å². The summed E-state index contributed by atoms with van der Waals surface area (Å²) < 4.78 is 0. The van der Waals surface area contributed by atoms with E-state index in [9.17, 15) is 4.79 Å². The Morgan fingerprint density at radius 1 is 1.35 bits per heavy atom. The highest BCUT2D eigenvalue weighted by atomic mass is 16.1. The molecule has 0 unspecified atom stereocenters. The molecule has 0 spiro atoms. The third kappa shape index (κ3) is 3.64. The van der Waals surface area contributed by atoms with Crippen LogP contribution >= 0.6 is 0 Å². The molecule has 0 bridgehead atoms. The lowest BCUT2D eigenvalue weighted by molar-refractivity contribution is 0.102. The molecule has 5 heteroatoms. The highest BCUT2D eigenvalue weighted by molar-refractivity contribution is 6.02. The zero-order valence-corrected chi connectivity index (χ0v) is 11.1. The van der Waals surface area contributed by atoms with E-state index in [-0.39, 0.29) is 5.91 Å². The molecule has 0 aliphatic rings. The van der Waals surface area contributed by atoms with Crippen molar-refractivity contribution in [3.8, 4) is 11.8 Å². The molecule has 0 aliphatic carbocycles. The van der Waals surface area contributed by atoms with Gasteiger partial charge in [-0.15, -0.1) is 0 Å². The Labute approximate surface area is 117 Å². The maximum atomic E-state index is 12.0. The van der Waals surface area contributed by atoms with Crippen molar-refractivity contribution in [1.29, 1.82) is 0 Å². The number of nitrogens with zero attached hydrogens (tertiary/aromatic N) is 2. The zero-order valence-electron chi connectivity index (χ0n) is 11.1. The number of carbonyl (C=O) groups is 1. The Hall–Kier alpha value is -2.71. The second kappa shape index (κ2) is 6.45. The van der Waals surface area contributed by atoms with Crippen molar-refractivity contribution >= 4 is 11.6 Å². The lowest BCUT2D eigenvalue weighted by Gasteiger charge is -2.04. The van der Waals surface area contributed by atoms with Crippen LogP contribution in [-0.2, 0) is 0 Å². The second-order valence-electron chi connectivity index (χ2n) is 4.14. The first-order chi connectivity index (χ1) is 9.69. The fourth-order valence-corrected chi connectivity index (χ4v) is 1.57. The van der Waals surface area contributed by atoms with Gasteiger partial charge in [-0.05, 0) is 30.7 Å². The average molecular weight is 266 g/mol. The van der Waals surface area contributed by atoms with Gasteiger partial charge in [0.2, 0.25) is 0 Å². The van der Waals surface area contributed by atoms with Gasteiger partial charge >= 0.3 is 0 Å². The number of rotatable bonds is 2. The molecule has 0 saturated heterocycles. The van der Waals surface area contributed by atoms with Gasteiger partial charge in [0.15, 0.2) is 0 Å². The van der Waals surface area contributed by atoms with E-state index in [1.807, 2.05) is 13.0 Å². The normalized spacial score (nSPS) is 9.50. The van der Waals surface area contributed by atoms with Crippen molar-refractivity contribution in [2.45, 2.75) is 6.92 Å². The molecular formula is C15H14N4O. The summed E-state index contributed by atoms with van der Waals surface area (Å²) in [6, 6.07) is 5.20. The predicted octanol–water partition coefficient (Wildman–Crippen LogP) is 1.35. The lowest BCUT2D eigenvalue weighted by atomic mass is 10.2. The van der Waals surface area contributed by atoms with Crippen molar-refractivity contribution in [2.75, 3.05) is 11.9 Å². The number of hydrogen-bond acceptors (Lipinski definition) is 4. The smallest absolute Gasteiger partial charge is 0.274 e. The van der Waals surface area contributed by atoms with Crippen molar-refractivity contribution in [3.63, 3.8) is 0 Å². The summed E-state index contributed by atoms with van der Waals surface area (Å²) >= 11 is 0. The Morgan fingerprint density at radius 3 is 2.85 bits per heavy atom. The van der Waals surface area contributed by atoms with E-state index in [2.05, 4.69) is 27.1 Å². The van der Waals surface area contributed by atoms with Crippen LogP contribution in [0, 0.1) is 18.8 Å². The van der Waals surface area contributed by atoms with Crippen LogP contribution in [0.3, 0.4) is 0 Å². The SMILES string of the molecule is Cc1cncc(NC(=O)c2ccc(C#CCN)cn2)c1. The van der Waals surface area contributed by atoms with Gasteiger partial charge in [0, 0.05) is 18.0 Å². The van der Waals surface area contributed by atoms with Gasteiger partial charge in [0.1, 0.15) is 5.69 Å². The maximum Gasteiger partial charge on any atom is 0.274 e. The van der Waals surface area contributed by atoms with Crippen LogP contribution in [0.4, 0.5) is 5.69 Å². The predicted molar refractivity (Wildman–Crippen MR) is 77.1 cm³/mol. The molecule has 0 aromatic carbocycles. The van der Waals surface area contributed by atoms with Crippen LogP contribution in [0.15, 0.2) is 36.8 Å². The van der Waals surface area contributed by atoms with Crippen LogP contribution < -0.4 is 11.1 Å². The summed E-state index contributed by atoms with van der Waals surface area (Å²) in [4.78, 5) is 20.1. The van der Waals surface area contributed by atoms with E-state index in [0.29, 0.717) is 17.9 Å². The first-order valence-corrected chi connectivity index (χ1v) is 6.07. The zero-order chi connectivity index (χ0) is 14.4. The second-order valence-corrected chi connectivity index (χ2v) is 4.14. The van der Waals surface area contributed by atoms with Gasteiger partial charge < -0.3 is 11.1 Å². The third-order valence-corrected chi connectivity index (χ3v) is 2.46. The van der Waals surface area contributed by atoms with Gasteiger partial charge in [-0.1, -0.05) is 11.8 Å².